The maximum atomic E-state index is 12.4. The van der Waals surface area contributed by atoms with E-state index in [0.29, 0.717) is 5.56 Å². The second-order valence-electron chi connectivity index (χ2n) is 6.56. The Kier molecular flexibility index (Phi) is 7.31. The fourth-order valence-corrected chi connectivity index (χ4v) is 2.99. The lowest BCUT2D eigenvalue weighted by atomic mass is 10.1. The highest BCUT2D eigenvalue weighted by molar-refractivity contribution is 9.10. The van der Waals surface area contributed by atoms with E-state index in [9.17, 15) is 25.0 Å². The molecule has 0 amide bonds. The Balaban J connectivity index is 1.89. The summed E-state index contributed by atoms with van der Waals surface area (Å²) < 4.78 is 6.15. The fourth-order valence-electron chi connectivity index (χ4n) is 2.72. The number of benzene rings is 3. The second kappa shape index (κ2) is 10.3. The number of carbonyl (C=O) groups excluding carboxylic acids is 1. The molecule has 0 spiro atoms. The highest BCUT2D eigenvalue weighted by Gasteiger charge is 2.20. The average molecular weight is 514 g/mol. The number of non-ortho nitro benzene ring substituents is 1. The van der Waals surface area contributed by atoms with Gasteiger partial charge < -0.3 is 10.5 Å². The largest absolute Gasteiger partial charge is 0.455 e. The number of hydrogen-bond acceptors (Lipinski definition) is 9. The molecule has 11 nitrogen and oxygen atoms in total. The van der Waals surface area contributed by atoms with Gasteiger partial charge in [-0.1, -0.05) is 40.2 Å². The molecule has 168 valence electrons. The number of rotatable bonds is 8. The predicted molar refractivity (Wildman–Crippen MR) is 125 cm³/mol. The zero-order chi connectivity index (χ0) is 24.0. The van der Waals surface area contributed by atoms with E-state index >= 15 is 0 Å². The number of ether oxygens (including phenoxy) is 1. The van der Waals surface area contributed by atoms with Crippen LogP contribution >= 0.6 is 15.9 Å². The van der Waals surface area contributed by atoms with Gasteiger partial charge >= 0.3 is 11.7 Å². The summed E-state index contributed by atoms with van der Waals surface area (Å²) in [7, 11) is 0. The molecule has 0 bridgehead atoms. The van der Waals surface area contributed by atoms with Gasteiger partial charge in [0, 0.05) is 21.8 Å². The van der Waals surface area contributed by atoms with Crippen LogP contribution in [0, 0.1) is 20.2 Å². The fraction of sp³-hybridized carbons (Fsp3) is 0.0476. The SMILES string of the molecule is Nc1ccccc1C(=O)OCC(=NNc1ccc([N+](=O)[O-])cc1[N+](=O)[O-])c1ccc(Br)cc1. The third-order valence-corrected chi connectivity index (χ3v) is 4.93. The summed E-state index contributed by atoms with van der Waals surface area (Å²) in [5.74, 6) is -0.667. The number of halogens is 1. The van der Waals surface area contributed by atoms with Gasteiger partial charge in [0.2, 0.25) is 0 Å². The van der Waals surface area contributed by atoms with E-state index in [1.165, 1.54) is 12.1 Å². The van der Waals surface area contributed by atoms with Crippen LogP contribution in [0.25, 0.3) is 0 Å². The lowest BCUT2D eigenvalue weighted by molar-refractivity contribution is -0.393. The molecule has 0 atom stereocenters. The van der Waals surface area contributed by atoms with E-state index in [1.807, 2.05) is 0 Å². The highest BCUT2D eigenvalue weighted by Crippen LogP contribution is 2.29. The third-order valence-electron chi connectivity index (χ3n) is 4.40. The minimum atomic E-state index is -0.762. The maximum Gasteiger partial charge on any atom is 0.340 e. The number of nitrogens with zero attached hydrogens (tertiary/aromatic N) is 3. The number of carbonyl (C=O) groups is 1. The molecule has 0 aliphatic rings. The van der Waals surface area contributed by atoms with Crippen molar-refractivity contribution in [2.45, 2.75) is 0 Å². The van der Waals surface area contributed by atoms with Crippen LogP contribution in [0.3, 0.4) is 0 Å². The van der Waals surface area contributed by atoms with Gasteiger partial charge in [0.15, 0.2) is 0 Å². The molecule has 0 aromatic heterocycles. The minimum Gasteiger partial charge on any atom is -0.455 e. The quantitative estimate of drug-likeness (QED) is 0.146. The van der Waals surface area contributed by atoms with Crippen molar-refractivity contribution in [1.82, 2.24) is 0 Å². The van der Waals surface area contributed by atoms with Gasteiger partial charge in [-0.05, 0) is 30.3 Å². The molecular formula is C21H16BrN5O6. The lowest BCUT2D eigenvalue weighted by Crippen LogP contribution is -2.17. The van der Waals surface area contributed by atoms with Gasteiger partial charge in [-0.15, -0.1) is 0 Å². The molecule has 0 fully saturated rings. The van der Waals surface area contributed by atoms with Crippen molar-refractivity contribution < 1.29 is 19.4 Å². The van der Waals surface area contributed by atoms with Gasteiger partial charge in [-0.3, -0.25) is 25.7 Å². The van der Waals surface area contributed by atoms with Crippen LogP contribution in [-0.2, 0) is 4.74 Å². The second-order valence-corrected chi connectivity index (χ2v) is 7.47. The molecule has 0 saturated carbocycles. The van der Waals surface area contributed by atoms with Crippen molar-refractivity contribution in [2.24, 2.45) is 5.10 Å². The first-order valence-electron chi connectivity index (χ1n) is 9.29. The van der Waals surface area contributed by atoms with Crippen LogP contribution in [0.5, 0.6) is 0 Å². The van der Waals surface area contributed by atoms with E-state index in [-0.39, 0.29) is 29.3 Å². The third kappa shape index (κ3) is 5.89. The Morgan fingerprint density at radius 3 is 2.36 bits per heavy atom. The number of esters is 1. The standard InChI is InChI=1S/C21H16BrN5O6/c22-14-7-5-13(6-8-14)19(12-33-21(28)16-3-1-2-4-17(16)23)25-24-18-10-9-15(26(29)30)11-20(18)27(31)32/h1-11,24H,12,23H2. The topological polar surface area (TPSA) is 163 Å². The Morgan fingerprint density at radius 2 is 1.73 bits per heavy atom. The van der Waals surface area contributed by atoms with Crippen LogP contribution in [0.4, 0.5) is 22.7 Å². The first kappa shape index (κ1) is 23.3. The van der Waals surface area contributed by atoms with Crippen LogP contribution < -0.4 is 11.2 Å². The molecule has 0 aliphatic carbocycles. The summed E-state index contributed by atoms with van der Waals surface area (Å²) in [6, 6.07) is 16.4. The lowest BCUT2D eigenvalue weighted by Gasteiger charge is -2.11. The van der Waals surface area contributed by atoms with E-state index in [4.69, 9.17) is 10.5 Å². The van der Waals surface area contributed by atoms with Crippen LogP contribution in [-0.4, -0.2) is 28.1 Å². The van der Waals surface area contributed by atoms with Crippen LogP contribution in [0.15, 0.2) is 76.3 Å². The normalized spacial score (nSPS) is 11.0. The molecule has 33 heavy (non-hydrogen) atoms. The number of nitrogens with two attached hydrogens (primary N) is 1. The summed E-state index contributed by atoms with van der Waals surface area (Å²) in [4.78, 5) is 33.2. The Morgan fingerprint density at radius 1 is 1.03 bits per heavy atom. The van der Waals surface area contributed by atoms with Gasteiger partial charge in [0.05, 0.1) is 21.5 Å². The van der Waals surface area contributed by atoms with E-state index in [1.54, 1.807) is 42.5 Å². The van der Waals surface area contributed by atoms with Crippen molar-refractivity contribution in [1.29, 1.82) is 0 Å². The van der Waals surface area contributed by atoms with Gasteiger partial charge in [0.1, 0.15) is 18.0 Å². The van der Waals surface area contributed by atoms with Crippen molar-refractivity contribution in [3.8, 4) is 0 Å². The first-order valence-corrected chi connectivity index (χ1v) is 10.1. The number of nitro groups is 2. The molecule has 3 aromatic carbocycles. The number of anilines is 2. The van der Waals surface area contributed by atoms with Gasteiger partial charge in [0.25, 0.3) is 5.69 Å². The monoisotopic (exact) mass is 513 g/mol. The zero-order valence-electron chi connectivity index (χ0n) is 16.8. The molecule has 0 heterocycles. The molecule has 12 heteroatoms. The molecule has 0 aliphatic heterocycles. The number of nitrogen functional groups attached to an aromatic ring is 1. The predicted octanol–water partition coefficient (Wildman–Crippen LogP) is 4.52. The molecular weight excluding hydrogens is 498 g/mol. The molecule has 0 radical (unpaired) electrons. The zero-order valence-corrected chi connectivity index (χ0v) is 18.4. The minimum absolute atomic E-state index is 0.0705. The highest BCUT2D eigenvalue weighted by atomic mass is 79.9. The van der Waals surface area contributed by atoms with E-state index in [0.717, 1.165) is 16.6 Å². The Bertz CT molecular complexity index is 1250. The summed E-state index contributed by atoms with van der Waals surface area (Å²) in [6.45, 7) is -0.275. The van der Waals surface area contributed by atoms with E-state index in [2.05, 4.69) is 26.5 Å². The number of para-hydroxylation sites is 1. The van der Waals surface area contributed by atoms with Crippen molar-refractivity contribution in [2.75, 3.05) is 17.8 Å². The number of hydrogen-bond donors (Lipinski definition) is 2. The maximum absolute atomic E-state index is 12.4. The molecule has 0 unspecified atom stereocenters. The van der Waals surface area contributed by atoms with Crippen molar-refractivity contribution in [3.05, 3.63) is 103 Å². The molecule has 3 aromatic rings. The smallest absolute Gasteiger partial charge is 0.340 e. The average Bonchev–Trinajstić information content (AvgIpc) is 2.79. The Hall–Kier alpha value is -4.32. The van der Waals surface area contributed by atoms with Crippen molar-refractivity contribution in [3.63, 3.8) is 0 Å². The summed E-state index contributed by atoms with van der Waals surface area (Å²) in [5, 5.41) is 26.5. The van der Waals surface area contributed by atoms with E-state index < -0.39 is 27.2 Å². The first-order chi connectivity index (χ1) is 15.8. The summed E-state index contributed by atoms with van der Waals surface area (Å²) >= 11 is 3.33. The summed E-state index contributed by atoms with van der Waals surface area (Å²) in [6.07, 6.45) is 0. The molecule has 3 rings (SSSR count). The Labute approximate surface area is 195 Å². The van der Waals surface area contributed by atoms with Gasteiger partial charge in [-0.2, -0.15) is 5.10 Å². The number of nitrogens with one attached hydrogen (secondary N) is 1. The van der Waals surface area contributed by atoms with Gasteiger partial charge in [-0.25, -0.2) is 4.79 Å². The molecule has 0 saturated heterocycles. The number of hydrazone groups is 1. The van der Waals surface area contributed by atoms with Crippen LogP contribution in [0.2, 0.25) is 0 Å². The van der Waals surface area contributed by atoms with Crippen LogP contribution in [0.1, 0.15) is 15.9 Å². The van der Waals surface area contributed by atoms with Crippen molar-refractivity contribution >= 4 is 50.4 Å². The summed E-state index contributed by atoms with van der Waals surface area (Å²) in [5.41, 5.74) is 8.58. The number of nitro benzene ring substituents is 2. The molecule has 3 N–H and O–H groups in total.